The molecular formula is C9H11Cl2Zr. The molecule has 65 valence electrons. The minimum Gasteiger partial charge on any atom is -1.00 e. The summed E-state index contributed by atoms with van der Waals surface area (Å²) in [6, 6.07) is 8.42. The molecule has 0 saturated heterocycles. The smallest absolute Gasteiger partial charge is 1.00 e. The zero-order valence-corrected chi connectivity index (χ0v) is 10.7. The number of hydrogen-bond donors (Lipinski definition) is 0. The molecule has 0 spiro atoms. The summed E-state index contributed by atoms with van der Waals surface area (Å²) in [5, 5.41) is 0. The number of halogens is 2. The van der Waals surface area contributed by atoms with Crippen LogP contribution in [0.2, 0.25) is 0 Å². The third-order valence-electron chi connectivity index (χ3n) is 1.37. The van der Waals surface area contributed by atoms with E-state index in [-0.39, 0.29) is 51.0 Å². The van der Waals surface area contributed by atoms with Gasteiger partial charge >= 0.3 is 26.2 Å². The quantitative estimate of drug-likeness (QED) is 0.399. The molecule has 0 aliphatic carbocycles. The fraction of sp³-hybridized carbons (Fsp3) is 0.222. The van der Waals surface area contributed by atoms with Gasteiger partial charge in [0.25, 0.3) is 0 Å². The normalized spacial score (nSPS) is 7.00. The summed E-state index contributed by atoms with van der Waals surface area (Å²) in [5.41, 5.74) is 1.41. The third-order valence-corrected chi connectivity index (χ3v) is 1.37. The van der Waals surface area contributed by atoms with Gasteiger partial charge in [-0.15, -0.1) is 6.58 Å². The molecule has 0 aliphatic rings. The average Bonchev–Trinajstić information content (AvgIpc) is 2.34. The molecule has 3 heteroatoms. The minimum atomic E-state index is 0. The van der Waals surface area contributed by atoms with Crippen LogP contribution in [0.5, 0.6) is 0 Å². The number of rotatable bonds is 3. The van der Waals surface area contributed by atoms with Crippen LogP contribution in [0, 0.1) is 0 Å². The number of allylic oxidation sites excluding steroid dienone is 1. The molecule has 1 aromatic carbocycles. The molecule has 0 saturated carbocycles. The minimum absolute atomic E-state index is 0. The van der Waals surface area contributed by atoms with E-state index < -0.39 is 0 Å². The van der Waals surface area contributed by atoms with Crippen molar-refractivity contribution in [3.8, 4) is 0 Å². The monoisotopic (exact) mass is 279 g/mol. The predicted molar refractivity (Wildman–Crippen MR) is 40.6 cm³/mol. The fourth-order valence-electron chi connectivity index (χ4n) is 0.849. The maximum atomic E-state index is 3.66. The van der Waals surface area contributed by atoms with E-state index in [2.05, 4.69) is 30.8 Å². The fourth-order valence-corrected chi connectivity index (χ4v) is 0.849. The maximum absolute atomic E-state index is 3.66. The average molecular weight is 281 g/mol. The summed E-state index contributed by atoms with van der Waals surface area (Å²) in [6.07, 6.45) is 4.17. The van der Waals surface area contributed by atoms with Crippen molar-refractivity contribution >= 4 is 0 Å². The van der Waals surface area contributed by atoms with Gasteiger partial charge in [0.05, 0.1) is 0 Å². The summed E-state index contributed by atoms with van der Waals surface area (Å²) >= 11 is 0. The van der Waals surface area contributed by atoms with Gasteiger partial charge < -0.3 is 24.8 Å². The van der Waals surface area contributed by atoms with Crippen molar-refractivity contribution in [2.75, 3.05) is 0 Å². The van der Waals surface area contributed by atoms with Crippen molar-refractivity contribution in [3.63, 3.8) is 0 Å². The third kappa shape index (κ3) is 7.22. The van der Waals surface area contributed by atoms with Gasteiger partial charge in [0.1, 0.15) is 0 Å². The van der Waals surface area contributed by atoms with Gasteiger partial charge in [0.15, 0.2) is 0 Å². The van der Waals surface area contributed by atoms with Gasteiger partial charge in [0, 0.05) is 0 Å². The van der Waals surface area contributed by atoms with Crippen molar-refractivity contribution in [2.24, 2.45) is 0 Å². The zero-order valence-electron chi connectivity index (χ0n) is 6.76. The topological polar surface area (TPSA) is 0 Å². The molecule has 0 N–H and O–H groups in total. The van der Waals surface area contributed by atoms with Crippen molar-refractivity contribution in [2.45, 2.75) is 12.8 Å². The van der Waals surface area contributed by atoms with Gasteiger partial charge in [-0.05, 0) is 6.42 Å². The van der Waals surface area contributed by atoms with Crippen molar-refractivity contribution < 1.29 is 51.0 Å². The Morgan fingerprint density at radius 3 is 2.08 bits per heavy atom. The summed E-state index contributed by atoms with van der Waals surface area (Å²) in [5.74, 6) is 0. The molecule has 0 unspecified atom stereocenters. The van der Waals surface area contributed by atoms with Crippen LogP contribution in [0.4, 0.5) is 0 Å². The first kappa shape index (κ1) is 18.4. The van der Waals surface area contributed by atoms with E-state index in [0.717, 1.165) is 12.8 Å². The molecule has 0 aromatic heterocycles. The number of aryl methyl sites for hydroxylation is 1. The van der Waals surface area contributed by atoms with Crippen molar-refractivity contribution in [1.29, 1.82) is 0 Å². The SMILES string of the molecule is C=CCC[c-]1cccc1.[Cl-].[Cl-].[Zr+3]. The van der Waals surface area contributed by atoms with Crippen LogP contribution in [0.1, 0.15) is 12.0 Å². The van der Waals surface area contributed by atoms with Gasteiger partial charge in [0.2, 0.25) is 0 Å². The molecular weight excluding hydrogens is 270 g/mol. The van der Waals surface area contributed by atoms with E-state index in [0.29, 0.717) is 0 Å². The molecule has 0 bridgehead atoms. The Morgan fingerprint density at radius 2 is 1.67 bits per heavy atom. The standard InChI is InChI=1S/C9H11.2ClH.Zr/c1-2-3-6-9-7-4-5-8-9;;;/h2,4-5,7-8H,1,3,6H2;2*1H;/q-1;;;+3/p-2. The second-order valence-corrected chi connectivity index (χ2v) is 2.12. The van der Waals surface area contributed by atoms with Crippen LogP contribution in [-0.2, 0) is 32.6 Å². The van der Waals surface area contributed by atoms with Gasteiger partial charge in [-0.2, -0.15) is 17.7 Å². The first-order chi connectivity index (χ1) is 4.43. The van der Waals surface area contributed by atoms with Crippen LogP contribution < -0.4 is 24.8 Å². The summed E-state index contributed by atoms with van der Waals surface area (Å²) in [7, 11) is 0. The van der Waals surface area contributed by atoms with E-state index in [1.54, 1.807) is 0 Å². The van der Waals surface area contributed by atoms with Gasteiger partial charge in [-0.25, -0.2) is 12.1 Å². The zero-order chi connectivity index (χ0) is 6.53. The molecule has 1 aromatic rings. The number of hydrogen-bond acceptors (Lipinski definition) is 0. The van der Waals surface area contributed by atoms with Crippen LogP contribution in [-0.4, -0.2) is 0 Å². The molecule has 12 heavy (non-hydrogen) atoms. The van der Waals surface area contributed by atoms with Gasteiger partial charge in [-0.3, -0.25) is 0 Å². The Bertz CT molecular complexity index is 171. The second-order valence-electron chi connectivity index (χ2n) is 2.12. The molecule has 1 rings (SSSR count). The molecule has 1 radical (unpaired) electrons. The maximum Gasteiger partial charge on any atom is 3.00 e. The summed E-state index contributed by atoms with van der Waals surface area (Å²) in [4.78, 5) is 0. The van der Waals surface area contributed by atoms with E-state index in [1.165, 1.54) is 5.56 Å². The molecule has 0 fully saturated rings. The Morgan fingerprint density at radius 1 is 1.17 bits per heavy atom. The Kier molecular flexibility index (Phi) is 17.7. The van der Waals surface area contributed by atoms with Crippen molar-refractivity contribution in [1.82, 2.24) is 0 Å². The van der Waals surface area contributed by atoms with Crippen LogP contribution in [0.3, 0.4) is 0 Å². The van der Waals surface area contributed by atoms with E-state index in [1.807, 2.05) is 6.08 Å². The summed E-state index contributed by atoms with van der Waals surface area (Å²) < 4.78 is 0. The Hall–Kier alpha value is 0.553. The molecule has 0 aliphatic heterocycles. The van der Waals surface area contributed by atoms with Crippen molar-refractivity contribution in [3.05, 3.63) is 42.5 Å². The molecule has 0 amide bonds. The molecule has 0 nitrogen and oxygen atoms in total. The van der Waals surface area contributed by atoms with Gasteiger partial charge in [-0.1, -0.05) is 12.5 Å². The molecule has 0 atom stereocenters. The largest absolute Gasteiger partial charge is 3.00 e. The molecule has 0 heterocycles. The summed E-state index contributed by atoms with van der Waals surface area (Å²) in [6.45, 7) is 3.66. The second kappa shape index (κ2) is 11.6. The van der Waals surface area contributed by atoms with Crippen LogP contribution in [0.25, 0.3) is 0 Å². The first-order valence-electron chi connectivity index (χ1n) is 3.25. The Labute approximate surface area is 106 Å². The predicted octanol–water partition coefficient (Wildman–Crippen LogP) is -3.47. The van der Waals surface area contributed by atoms with E-state index >= 15 is 0 Å². The Balaban J connectivity index is -0.000000270. The van der Waals surface area contributed by atoms with Crippen LogP contribution >= 0.6 is 0 Å². The first-order valence-corrected chi connectivity index (χ1v) is 3.25. The van der Waals surface area contributed by atoms with E-state index in [4.69, 9.17) is 0 Å². The van der Waals surface area contributed by atoms with Crippen LogP contribution in [0.15, 0.2) is 36.9 Å². The van der Waals surface area contributed by atoms with E-state index in [9.17, 15) is 0 Å².